The van der Waals surface area contributed by atoms with Crippen LogP contribution >= 0.6 is 23.1 Å². The molecule has 0 atom stereocenters. The lowest BCUT2D eigenvalue weighted by atomic mass is 10.3. The minimum atomic E-state index is -0.274. The molecule has 7 heteroatoms. The molecule has 0 bridgehead atoms. The number of nitrogen functional groups attached to an aromatic ring is 1. The van der Waals surface area contributed by atoms with Crippen LogP contribution in [-0.2, 0) is 0 Å². The minimum absolute atomic E-state index is 0.274. The highest BCUT2D eigenvalue weighted by Crippen LogP contribution is 2.24. The normalized spacial score (nSPS) is 11.1. The Kier molecular flexibility index (Phi) is 2.66. The van der Waals surface area contributed by atoms with E-state index in [1.165, 1.54) is 15.9 Å². The minimum Gasteiger partial charge on any atom is -0.383 e. The van der Waals surface area contributed by atoms with Crippen molar-refractivity contribution in [2.24, 2.45) is 0 Å². The average Bonchev–Trinajstić information content (AvgIpc) is 2.58. The van der Waals surface area contributed by atoms with Crippen LogP contribution in [0.4, 0.5) is 5.82 Å². The van der Waals surface area contributed by atoms with E-state index in [9.17, 15) is 4.79 Å². The van der Waals surface area contributed by atoms with E-state index in [1.54, 1.807) is 18.7 Å². The standard InChI is InChI=1S/C8H10N4OS2/c1-3-14-8-11-12-5(9)4(2)6(13)10-7(12)15-8/h3,9H2,1-2H3. The van der Waals surface area contributed by atoms with Crippen LogP contribution in [0.2, 0.25) is 0 Å². The Morgan fingerprint density at radius 3 is 3.00 bits per heavy atom. The zero-order valence-corrected chi connectivity index (χ0v) is 9.98. The molecule has 15 heavy (non-hydrogen) atoms. The van der Waals surface area contributed by atoms with Crippen molar-refractivity contribution in [1.29, 1.82) is 0 Å². The predicted molar refractivity (Wildman–Crippen MR) is 62.7 cm³/mol. The van der Waals surface area contributed by atoms with Crippen LogP contribution in [0.1, 0.15) is 12.5 Å². The molecule has 0 fully saturated rings. The zero-order chi connectivity index (χ0) is 11.0. The van der Waals surface area contributed by atoms with Gasteiger partial charge in [-0.1, -0.05) is 30.0 Å². The molecule has 2 aromatic rings. The third-order valence-electron chi connectivity index (χ3n) is 1.94. The first-order valence-corrected chi connectivity index (χ1v) is 6.22. The van der Waals surface area contributed by atoms with Crippen molar-refractivity contribution in [2.45, 2.75) is 18.2 Å². The van der Waals surface area contributed by atoms with Gasteiger partial charge in [0.25, 0.3) is 5.56 Å². The number of rotatable bonds is 2. The molecule has 2 heterocycles. The fraction of sp³-hybridized carbons (Fsp3) is 0.375. The molecule has 2 aromatic heterocycles. The van der Waals surface area contributed by atoms with Gasteiger partial charge in [-0.25, -0.2) is 0 Å². The topological polar surface area (TPSA) is 73.3 Å². The van der Waals surface area contributed by atoms with Crippen LogP contribution in [0, 0.1) is 6.92 Å². The van der Waals surface area contributed by atoms with Crippen molar-refractivity contribution in [3.63, 3.8) is 0 Å². The fourth-order valence-electron chi connectivity index (χ4n) is 1.11. The van der Waals surface area contributed by atoms with Gasteiger partial charge in [-0.2, -0.15) is 9.50 Å². The largest absolute Gasteiger partial charge is 0.383 e. The van der Waals surface area contributed by atoms with Crippen LogP contribution in [0.3, 0.4) is 0 Å². The predicted octanol–water partition coefficient (Wildman–Crippen LogP) is 1.15. The molecule has 0 radical (unpaired) electrons. The molecule has 5 nitrogen and oxygen atoms in total. The van der Waals surface area contributed by atoms with Crippen LogP contribution in [0.5, 0.6) is 0 Å². The van der Waals surface area contributed by atoms with Crippen molar-refractivity contribution in [2.75, 3.05) is 11.5 Å². The molecule has 0 saturated carbocycles. The third kappa shape index (κ3) is 1.72. The highest BCUT2D eigenvalue weighted by atomic mass is 32.2. The summed E-state index contributed by atoms with van der Waals surface area (Å²) in [6.07, 6.45) is 0. The molecule has 0 aliphatic rings. The number of nitrogens with zero attached hydrogens (tertiary/aromatic N) is 3. The summed E-state index contributed by atoms with van der Waals surface area (Å²) in [4.78, 5) is 15.9. The van der Waals surface area contributed by atoms with Gasteiger partial charge in [0.2, 0.25) is 4.96 Å². The summed E-state index contributed by atoms with van der Waals surface area (Å²) in [5.74, 6) is 1.31. The number of thioether (sulfide) groups is 1. The lowest BCUT2D eigenvalue weighted by Gasteiger charge is -1.98. The van der Waals surface area contributed by atoms with E-state index >= 15 is 0 Å². The van der Waals surface area contributed by atoms with Crippen molar-refractivity contribution in [3.8, 4) is 0 Å². The van der Waals surface area contributed by atoms with E-state index in [1.807, 2.05) is 6.92 Å². The Morgan fingerprint density at radius 1 is 1.60 bits per heavy atom. The summed E-state index contributed by atoms with van der Waals surface area (Å²) in [5, 5.41) is 4.28. The molecular formula is C8H10N4OS2. The van der Waals surface area contributed by atoms with Crippen LogP contribution in [0.25, 0.3) is 4.96 Å². The lowest BCUT2D eigenvalue weighted by molar-refractivity contribution is 0.887. The Labute approximate surface area is 94.3 Å². The summed E-state index contributed by atoms with van der Waals surface area (Å²) < 4.78 is 2.40. The molecule has 0 aliphatic carbocycles. The summed E-state index contributed by atoms with van der Waals surface area (Å²) >= 11 is 2.99. The second-order valence-electron chi connectivity index (χ2n) is 2.92. The van der Waals surface area contributed by atoms with Gasteiger partial charge in [0.05, 0.1) is 5.56 Å². The van der Waals surface area contributed by atoms with E-state index in [0.717, 1.165) is 10.1 Å². The first-order chi connectivity index (χ1) is 7.13. The first kappa shape index (κ1) is 10.4. The van der Waals surface area contributed by atoms with E-state index in [2.05, 4.69) is 10.1 Å². The van der Waals surface area contributed by atoms with Gasteiger partial charge in [-0.05, 0) is 12.7 Å². The number of aromatic nitrogens is 3. The summed E-state index contributed by atoms with van der Waals surface area (Å²) in [5.41, 5.74) is 5.96. The number of hydrogen-bond donors (Lipinski definition) is 1. The summed E-state index contributed by atoms with van der Waals surface area (Å²) in [6.45, 7) is 3.70. The van der Waals surface area contributed by atoms with Crippen LogP contribution in [0.15, 0.2) is 9.13 Å². The van der Waals surface area contributed by atoms with Crippen LogP contribution in [-0.4, -0.2) is 20.4 Å². The maximum absolute atomic E-state index is 11.4. The number of anilines is 1. The first-order valence-electron chi connectivity index (χ1n) is 4.42. The van der Waals surface area contributed by atoms with Crippen molar-refractivity contribution in [3.05, 3.63) is 15.9 Å². The highest BCUT2D eigenvalue weighted by molar-refractivity contribution is 8.01. The van der Waals surface area contributed by atoms with E-state index in [-0.39, 0.29) is 5.56 Å². The van der Waals surface area contributed by atoms with Gasteiger partial charge in [0, 0.05) is 0 Å². The Hall–Kier alpha value is -1.08. The smallest absolute Gasteiger partial charge is 0.279 e. The monoisotopic (exact) mass is 242 g/mol. The van der Waals surface area contributed by atoms with E-state index in [0.29, 0.717) is 16.3 Å². The van der Waals surface area contributed by atoms with Crippen molar-refractivity contribution < 1.29 is 0 Å². The second kappa shape index (κ2) is 3.82. The molecule has 0 aromatic carbocycles. The van der Waals surface area contributed by atoms with Crippen molar-refractivity contribution >= 4 is 33.9 Å². The molecule has 0 amide bonds. The van der Waals surface area contributed by atoms with E-state index < -0.39 is 0 Å². The van der Waals surface area contributed by atoms with Gasteiger partial charge >= 0.3 is 0 Å². The highest BCUT2D eigenvalue weighted by Gasteiger charge is 2.10. The average molecular weight is 242 g/mol. The molecule has 0 spiro atoms. The van der Waals surface area contributed by atoms with Gasteiger partial charge < -0.3 is 5.73 Å². The molecular weight excluding hydrogens is 232 g/mol. The molecule has 0 aliphatic heterocycles. The molecule has 0 saturated heterocycles. The van der Waals surface area contributed by atoms with Gasteiger partial charge in [0.15, 0.2) is 4.34 Å². The van der Waals surface area contributed by atoms with Gasteiger partial charge in [0.1, 0.15) is 5.82 Å². The molecule has 80 valence electrons. The second-order valence-corrected chi connectivity index (χ2v) is 5.39. The van der Waals surface area contributed by atoms with E-state index in [4.69, 9.17) is 5.73 Å². The summed E-state index contributed by atoms with van der Waals surface area (Å²) in [7, 11) is 0. The Morgan fingerprint density at radius 2 is 2.33 bits per heavy atom. The lowest BCUT2D eigenvalue weighted by Crippen LogP contribution is -2.16. The zero-order valence-electron chi connectivity index (χ0n) is 8.35. The molecule has 0 unspecified atom stereocenters. The maximum atomic E-state index is 11.4. The van der Waals surface area contributed by atoms with Crippen LogP contribution < -0.4 is 11.3 Å². The number of nitrogens with two attached hydrogens (primary N) is 1. The van der Waals surface area contributed by atoms with Crippen molar-refractivity contribution in [1.82, 2.24) is 14.6 Å². The Balaban J connectivity index is 2.71. The van der Waals surface area contributed by atoms with Gasteiger partial charge in [-0.15, -0.1) is 5.10 Å². The Bertz CT molecular complexity index is 560. The quantitative estimate of drug-likeness (QED) is 0.800. The third-order valence-corrected chi connectivity index (χ3v) is 3.86. The van der Waals surface area contributed by atoms with Gasteiger partial charge in [-0.3, -0.25) is 4.79 Å². The fourth-order valence-corrected chi connectivity index (χ4v) is 2.95. The maximum Gasteiger partial charge on any atom is 0.279 e. The summed E-state index contributed by atoms with van der Waals surface area (Å²) in [6, 6.07) is 0. The number of fused-ring (bicyclic) bond motifs is 1. The molecule has 2 N–H and O–H groups in total. The SMILES string of the molecule is CCSc1nn2c(N)c(C)c(=O)nc2s1. The molecule has 2 rings (SSSR count). The number of hydrogen-bond acceptors (Lipinski definition) is 6.